The molecule has 2 aliphatic rings. The summed E-state index contributed by atoms with van der Waals surface area (Å²) < 4.78 is 10.5. The summed E-state index contributed by atoms with van der Waals surface area (Å²) in [6.07, 6.45) is 3.99. The maximum Gasteiger partial charge on any atom is 0.208 e. The van der Waals surface area contributed by atoms with Crippen molar-refractivity contribution in [2.24, 2.45) is 17.3 Å². The molecule has 1 aromatic rings. The SMILES string of the molecule is C=CC[C@@]12C=C(OC)C(=O)[C@@H](C1=O)[C@H](c1ccc(OC)cc1)[C@H]2C. The predicted octanol–water partition coefficient (Wildman–Crippen LogP) is 3.29. The molecule has 0 aromatic heterocycles. The zero-order valence-electron chi connectivity index (χ0n) is 14.2. The van der Waals surface area contributed by atoms with Gasteiger partial charge in [0.1, 0.15) is 5.75 Å². The van der Waals surface area contributed by atoms with Crippen molar-refractivity contribution < 1.29 is 19.1 Å². The average molecular weight is 326 g/mol. The van der Waals surface area contributed by atoms with E-state index >= 15 is 0 Å². The van der Waals surface area contributed by atoms with E-state index in [1.807, 2.05) is 31.2 Å². The van der Waals surface area contributed by atoms with Crippen molar-refractivity contribution in [2.45, 2.75) is 19.3 Å². The van der Waals surface area contributed by atoms with E-state index in [1.54, 1.807) is 19.3 Å². The molecular weight excluding hydrogens is 304 g/mol. The quantitative estimate of drug-likeness (QED) is 0.615. The smallest absolute Gasteiger partial charge is 0.208 e. The molecule has 4 nitrogen and oxygen atoms in total. The maximum atomic E-state index is 13.1. The summed E-state index contributed by atoms with van der Waals surface area (Å²) >= 11 is 0. The number of Topliss-reactive ketones (excluding diaryl/α,β-unsaturated/α-hetero) is 2. The van der Waals surface area contributed by atoms with E-state index in [1.165, 1.54) is 7.11 Å². The number of carbonyl (C=O) groups is 2. The Labute approximate surface area is 142 Å². The summed E-state index contributed by atoms with van der Waals surface area (Å²) in [6.45, 7) is 5.84. The summed E-state index contributed by atoms with van der Waals surface area (Å²) in [4.78, 5) is 25.9. The molecule has 1 aromatic carbocycles. The molecule has 0 N–H and O–H groups in total. The van der Waals surface area contributed by atoms with E-state index in [0.717, 1.165) is 11.3 Å². The molecule has 4 heteroatoms. The minimum Gasteiger partial charge on any atom is -0.497 e. The fraction of sp³-hybridized carbons (Fsp3) is 0.400. The van der Waals surface area contributed by atoms with Crippen LogP contribution in [0.25, 0.3) is 0 Å². The summed E-state index contributed by atoms with van der Waals surface area (Å²) in [5.74, 6) is -0.0502. The number of methoxy groups -OCH3 is 2. The van der Waals surface area contributed by atoms with Crippen LogP contribution in [0.15, 0.2) is 48.8 Å². The second kappa shape index (κ2) is 5.93. The third kappa shape index (κ3) is 2.13. The van der Waals surface area contributed by atoms with Gasteiger partial charge in [0, 0.05) is 5.92 Å². The van der Waals surface area contributed by atoms with Gasteiger partial charge in [-0.15, -0.1) is 6.58 Å². The van der Waals surface area contributed by atoms with E-state index in [4.69, 9.17) is 9.47 Å². The highest BCUT2D eigenvalue weighted by molar-refractivity contribution is 6.17. The minimum atomic E-state index is -0.712. The Hall–Kier alpha value is -2.36. The van der Waals surface area contributed by atoms with Gasteiger partial charge in [0.2, 0.25) is 5.78 Å². The molecule has 1 fully saturated rings. The molecule has 0 aliphatic heterocycles. The highest BCUT2D eigenvalue weighted by atomic mass is 16.5. The molecule has 24 heavy (non-hydrogen) atoms. The van der Waals surface area contributed by atoms with Crippen LogP contribution in [0.4, 0.5) is 0 Å². The number of hydrogen-bond acceptors (Lipinski definition) is 4. The molecule has 0 spiro atoms. The lowest BCUT2D eigenvalue weighted by molar-refractivity contribution is -0.136. The Morgan fingerprint density at radius 3 is 2.38 bits per heavy atom. The van der Waals surface area contributed by atoms with Crippen molar-refractivity contribution in [1.82, 2.24) is 0 Å². The van der Waals surface area contributed by atoms with Crippen LogP contribution in [0.3, 0.4) is 0 Å². The van der Waals surface area contributed by atoms with E-state index < -0.39 is 11.3 Å². The molecule has 1 saturated carbocycles. The molecule has 3 rings (SSSR count). The second-order valence-electron chi connectivity index (χ2n) is 6.54. The maximum absolute atomic E-state index is 13.1. The lowest BCUT2D eigenvalue weighted by Gasteiger charge is -2.31. The minimum absolute atomic E-state index is 0.0125. The highest BCUT2D eigenvalue weighted by Gasteiger charge is 2.62. The van der Waals surface area contributed by atoms with Gasteiger partial charge in [-0.05, 0) is 36.1 Å². The molecule has 0 saturated heterocycles. The number of benzene rings is 1. The molecule has 0 heterocycles. The number of ether oxygens (including phenoxy) is 2. The fourth-order valence-corrected chi connectivity index (χ4v) is 4.28. The van der Waals surface area contributed by atoms with Gasteiger partial charge in [0.25, 0.3) is 0 Å². The summed E-state index contributed by atoms with van der Waals surface area (Å²) in [7, 11) is 3.09. The normalized spacial score (nSPS) is 31.6. The van der Waals surface area contributed by atoms with Gasteiger partial charge < -0.3 is 9.47 Å². The van der Waals surface area contributed by atoms with Crippen LogP contribution >= 0.6 is 0 Å². The van der Waals surface area contributed by atoms with Crippen molar-refractivity contribution in [3.05, 3.63) is 54.3 Å². The first-order chi connectivity index (χ1) is 11.5. The first-order valence-electron chi connectivity index (χ1n) is 8.10. The Balaban J connectivity index is 2.12. The van der Waals surface area contributed by atoms with E-state index in [0.29, 0.717) is 12.2 Å². The molecule has 0 amide bonds. The van der Waals surface area contributed by atoms with Crippen LogP contribution in [0.2, 0.25) is 0 Å². The van der Waals surface area contributed by atoms with Crippen molar-refractivity contribution in [3.63, 3.8) is 0 Å². The van der Waals surface area contributed by atoms with Gasteiger partial charge in [-0.25, -0.2) is 0 Å². The third-order valence-electron chi connectivity index (χ3n) is 5.57. The molecule has 4 atom stereocenters. The Morgan fingerprint density at radius 2 is 1.83 bits per heavy atom. The average Bonchev–Trinajstić information content (AvgIpc) is 2.75. The van der Waals surface area contributed by atoms with Crippen LogP contribution < -0.4 is 4.74 Å². The lowest BCUT2D eigenvalue weighted by atomic mass is 9.71. The predicted molar refractivity (Wildman–Crippen MR) is 90.7 cm³/mol. The van der Waals surface area contributed by atoms with Gasteiger partial charge in [0.05, 0.1) is 25.6 Å². The van der Waals surface area contributed by atoms with Crippen LogP contribution in [0.1, 0.15) is 24.8 Å². The highest BCUT2D eigenvalue weighted by Crippen LogP contribution is 2.58. The first kappa shape index (κ1) is 16.5. The van der Waals surface area contributed by atoms with Gasteiger partial charge in [-0.1, -0.05) is 25.1 Å². The van der Waals surface area contributed by atoms with E-state index in [2.05, 4.69) is 6.58 Å². The zero-order valence-corrected chi connectivity index (χ0v) is 14.2. The zero-order chi connectivity index (χ0) is 17.5. The van der Waals surface area contributed by atoms with Gasteiger partial charge in [-0.3, -0.25) is 9.59 Å². The van der Waals surface area contributed by atoms with Crippen LogP contribution in [-0.4, -0.2) is 25.8 Å². The van der Waals surface area contributed by atoms with E-state index in [-0.39, 0.29) is 23.4 Å². The van der Waals surface area contributed by atoms with Crippen LogP contribution in [0.5, 0.6) is 5.75 Å². The van der Waals surface area contributed by atoms with Gasteiger partial charge in [0.15, 0.2) is 11.5 Å². The van der Waals surface area contributed by atoms with Gasteiger partial charge in [-0.2, -0.15) is 0 Å². The Morgan fingerprint density at radius 1 is 1.17 bits per heavy atom. The third-order valence-corrected chi connectivity index (χ3v) is 5.57. The standard InChI is InChI=1S/C20H22O4/c1-5-10-20-11-15(24-4)18(21)17(19(20)22)16(12(20)2)13-6-8-14(23-3)9-7-13/h5-9,11-12,16-17H,1,10H2,2-4H3/t12-,16+,17+,20+/m1/s1. The number of ketones is 2. The summed E-state index contributed by atoms with van der Waals surface area (Å²) in [6, 6.07) is 7.61. The largest absolute Gasteiger partial charge is 0.497 e. The van der Waals surface area contributed by atoms with Crippen LogP contribution in [-0.2, 0) is 14.3 Å². The lowest BCUT2D eigenvalue weighted by Crippen LogP contribution is -2.38. The molecule has 0 radical (unpaired) electrons. The summed E-state index contributed by atoms with van der Waals surface area (Å²) in [5.41, 5.74) is 0.266. The molecule has 2 aliphatic carbocycles. The molecule has 0 unspecified atom stereocenters. The number of carbonyl (C=O) groups excluding carboxylic acids is 2. The summed E-state index contributed by atoms with van der Waals surface area (Å²) in [5, 5.41) is 0. The number of fused-ring (bicyclic) bond motifs is 2. The van der Waals surface area contributed by atoms with E-state index in [9.17, 15) is 9.59 Å². The monoisotopic (exact) mass is 326 g/mol. The topological polar surface area (TPSA) is 52.6 Å². The van der Waals surface area contributed by atoms with Crippen molar-refractivity contribution in [1.29, 1.82) is 0 Å². The van der Waals surface area contributed by atoms with Crippen molar-refractivity contribution >= 4 is 11.6 Å². The van der Waals surface area contributed by atoms with Crippen LogP contribution in [0, 0.1) is 17.3 Å². The molecule has 126 valence electrons. The Kier molecular flexibility index (Phi) is 4.08. The van der Waals surface area contributed by atoms with Crippen molar-refractivity contribution in [3.8, 4) is 5.75 Å². The number of rotatable bonds is 5. The first-order valence-corrected chi connectivity index (χ1v) is 8.10. The number of allylic oxidation sites excluding steroid dienone is 3. The fourth-order valence-electron chi connectivity index (χ4n) is 4.28. The van der Waals surface area contributed by atoms with Crippen molar-refractivity contribution in [2.75, 3.05) is 14.2 Å². The number of hydrogen-bond donors (Lipinski definition) is 0. The molecular formula is C20H22O4. The van der Waals surface area contributed by atoms with Gasteiger partial charge >= 0.3 is 0 Å². The Bertz CT molecular complexity index is 716. The second-order valence-corrected chi connectivity index (χ2v) is 6.54. The molecule has 2 bridgehead atoms.